The standard InChI is InChI=1S/C20H25N3O5S/c1-13-9-14(2)11-17(10-13)28-8-7-21-20(25)18-12-16(22-15(3)24)5-6-19(18)23-29(4,26)27/h5-6,9-12,23H,7-8H2,1-4H3,(H,21,25)(H,22,24). The van der Waals surface area contributed by atoms with Crippen LogP contribution in [-0.4, -0.2) is 39.6 Å². The highest BCUT2D eigenvalue weighted by molar-refractivity contribution is 7.92. The maximum absolute atomic E-state index is 12.6. The van der Waals surface area contributed by atoms with E-state index in [0.717, 1.165) is 17.4 Å². The van der Waals surface area contributed by atoms with E-state index in [1.54, 1.807) is 0 Å². The van der Waals surface area contributed by atoms with Crippen LogP contribution in [-0.2, 0) is 14.8 Å². The summed E-state index contributed by atoms with van der Waals surface area (Å²) in [6, 6.07) is 10.2. The molecule has 3 N–H and O–H groups in total. The van der Waals surface area contributed by atoms with Crippen molar-refractivity contribution in [2.75, 3.05) is 29.4 Å². The minimum Gasteiger partial charge on any atom is -0.492 e. The van der Waals surface area contributed by atoms with Crippen molar-refractivity contribution in [1.29, 1.82) is 0 Å². The fourth-order valence-corrected chi connectivity index (χ4v) is 3.32. The second-order valence-corrected chi connectivity index (χ2v) is 8.49. The smallest absolute Gasteiger partial charge is 0.253 e. The topological polar surface area (TPSA) is 114 Å². The van der Waals surface area contributed by atoms with Gasteiger partial charge in [0.2, 0.25) is 15.9 Å². The highest BCUT2D eigenvalue weighted by atomic mass is 32.2. The summed E-state index contributed by atoms with van der Waals surface area (Å²) in [5.41, 5.74) is 2.75. The van der Waals surface area contributed by atoms with Gasteiger partial charge in [0.05, 0.1) is 24.1 Å². The minimum atomic E-state index is -3.58. The molecule has 0 aliphatic heterocycles. The number of nitrogens with one attached hydrogen (secondary N) is 3. The van der Waals surface area contributed by atoms with E-state index < -0.39 is 15.9 Å². The summed E-state index contributed by atoms with van der Waals surface area (Å²) >= 11 is 0. The molecular formula is C20H25N3O5S. The number of carbonyl (C=O) groups excluding carboxylic acids is 2. The van der Waals surface area contributed by atoms with Crippen LogP contribution in [0.4, 0.5) is 11.4 Å². The van der Waals surface area contributed by atoms with Crippen molar-refractivity contribution in [3.05, 3.63) is 53.1 Å². The van der Waals surface area contributed by atoms with E-state index in [-0.39, 0.29) is 30.3 Å². The van der Waals surface area contributed by atoms with Gasteiger partial charge in [0, 0.05) is 12.6 Å². The number of carbonyl (C=O) groups is 2. The summed E-state index contributed by atoms with van der Waals surface area (Å²) in [7, 11) is -3.58. The van der Waals surface area contributed by atoms with E-state index in [9.17, 15) is 18.0 Å². The molecule has 0 fully saturated rings. The molecule has 2 aromatic carbocycles. The Morgan fingerprint density at radius 2 is 1.69 bits per heavy atom. The van der Waals surface area contributed by atoms with Gasteiger partial charge in [0.25, 0.3) is 5.91 Å². The van der Waals surface area contributed by atoms with Crippen LogP contribution in [0.3, 0.4) is 0 Å². The molecule has 156 valence electrons. The molecule has 0 unspecified atom stereocenters. The maximum atomic E-state index is 12.6. The van der Waals surface area contributed by atoms with Crippen LogP contribution < -0.4 is 20.1 Å². The molecule has 0 aliphatic carbocycles. The van der Waals surface area contributed by atoms with Gasteiger partial charge in [-0.15, -0.1) is 0 Å². The third kappa shape index (κ3) is 7.46. The van der Waals surface area contributed by atoms with Gasteiger partial charge in [-0.05, 0) is 55.3 Å². The Hall–Kier alpha value is -3.07. The molecule has 0 spiro atoms. The van der Waals surface area contributed by atoms with Gasteiger partial charge >= 0.3 is 0 Å². The lowest BCUT2D eigenvalue weighted by molar-refractivity contribution is -0.114. The van der Waals surface area contributed by atoms with Crippen molar-refractivity contribution >= 4 is 33.2 Å². The van der Waals surface area contributed by atoms with Crippen LogP contribution >= 0.6 is 0 Å². The highest BCUT2D eigenvalue weighted by Gasteiger charge is 2.15. The van der Waals surface area contributed by atoms with Crippen LogP contribution in [0.1, 0.15) is 28.4 Å². The van der Waals surface area contributed by atoms with E-state index >= 15 is 0 Å². The molecule has 0 saturated heterocycles. The predicted molar refractivity (Wildman–Crippen MR) is 113 cm³/mol. The molecule has 9 heteroatoms. The van der Waals surface area contributed by atoms with Crippen molar-refractivity contribution in [3.63, 3.8) is 0 Å². The van der Waals surface area contributed by atoms with Crippen LogP contribution in [0.25, 0.3) is 0 Å². The van der Waals surface area contributed by atoms with Gasteiger partial charge in [-0.3, -0.25) is 14.3 Å². The number of hydrogen-bond acceptors (Lipinski definition) is 5. The summed E-state index contributed by atoms with van der Waals surface area (Å²) in [4.78, 5) is 23.9. The van der Waals surface area contributed by atoms with Crippen molar-refractivity contribution in [3.8, 4) is 5.75 Å². The monoisotopic (exact) mass is 419 g/mol. The molecule has 8 nitrogen and oxygen atoms in total. The Bertz CT molecular complexity index is 999. The van der Waals surface area contributed by atoms with Gasteiger partial charge in [0.1, 0.15) is 12.4 Å². The zero-order chi connectivity index (χ0) is 21.6. The molecule has 2 aromatic rings. The lowest BCUT2D eigenvalue weighted by atomic mass is 10.1. The van der Waals surface area contributed by atoms with Crippen molar-refractivity contribution in [2.45, 2.75) is 20.8 Å². The lowest BCUT2D eigenvalue weighted by Crippen LogP contribution is -2.29. The first-order valence-corrected chi connectivity index (χ1v) is 10.8. The van der Waals surface area contributed by atoms with Crippen molar-refractivity contribution in [2.24, 2.45) is 0 Å². The summed E-state index contributed by atoms with van der Waals surface area (Å²) in [5.74, 6) is -0.0850. The first-order valence-electron chi connectivity index (χ1n) is 8.92. The molecule has 0 radical (unpaired) electrons. The lowest BCUT2D eigenvalue weighted by Gasteiger charge is -2.14. The maximum Gasteiger partial charge on any atom is 0.253 e. The molecule has 2 rings (SSSR count). The molecule has 0 heterocycles. The van der Waals surface area contributed by atoms with E-state index in [1.807, 2.05) is 32.0 Å². The molecule has 0 bridgehead atoms. The summed E-state index contributed by atoms with van der Waals surface area (Å²) in [6.45, 7) is 5.75. The highest BCUT2D eigenvalue weighted by Crippen LogP contribution is 2.22. The van der Waals surface area contributed by atoms with Crippen LogP contribution in [0, 0.1) is 13.8 Å². The summed E-state index contributed by atoms with van der Waals surface area (Å²) in [6.07, 6.45) is 0.994. The first-order chi connectivity index (χ1) is 13.5. The Balaban J connectivity index is 2.07. The number of amides is 2. The molecule has 2 amide bonds. The summed E-state index contributed by atoms with van der Waals surface area (Å²) in [5, 5.41) is 5.26. The fourth-order valence-electron chi connectivity index (χ4n) is 2.75. The number of benzene rings is 2. The zero-order valence-electron chi connectivity index (χ0n) is 16.8. The zero-order valence-corrected chi connectivity index (χ0v) is 17.6. The van der Waals surface area contributed by atoms with E-state index in [1.165, 1.54) is 25.1 Å². The Morgan fingerprint density at radius 1 is 1.03 bits per heavy atom. The number of ether oxygens (including phenoxy) is 1. The van der Waals surface area contributed by atoms with Crippen molar-refractivity contribution < 1.29 is 22.7 Å². The molecule has 0 aromatic heterocycles. The number of aryl methyl sites for hydroxylation is 2. The van der Waals surface area contributed by atoms with E-state index in [0.29, 0.717) is 11.4 Å². The number of anilines is 2. The Morgan fingerprint density at radius 3 is 2.28 bits per heavy atom. The van der Waals surface area contributed by atoms with E-state index in [2.05, 4.69) is 15.4 Å². The van der Waals surface area contributed by atoms with Gasteiger partial charge in [0.15, 0.2) is 0 Å². The molecule has 0 saturated carbocycles. The predicted octanol–water partition coefficient (Wildman–Crippen LogP) is 2.44. The van der Waals surface area contributed by atoms with E-state index in [4.69, 9.17) is 4.74 Å². The third-order valence-corrected chi connectivity index (χ3v) is 4.32. The largest absolute Gasteiger partial charge is 0.492 e. The van der Waals surface area contributed by atoms with Gasteiger partial charge in [-0.1, -0.05) is 6.07 Å². The molecule has 0 aliphatic rings. The molecule has 0 atom stereocenters. The first kappa shape index (κ1) is 22.2. The molecule has 29 heavy (non-hydrogen) atoms. The Kier molecular flexibility index (Phi) is 7.22. The number of hydrogen-bond donors (Lipinski definition) is 3. The minimum absolute atomic E-state index is 0.0908. The number of sulfonamides is 1. The summed E-state index contributed by atoms with van der Waals surface area (Å²) < 4.78 is 31.1. The van der Waals surface area contributed by atoms with Gasteiger partial charge in [-0.25, -0.2) is 8.42 Å². The van der Waals surface area contributed by atoms with Crippen LogP contribution in [0.15, 0.2) is 36.4 Å². The fraction of sp³-hybridized carbons (Fsp3) is 0.300. The molecular weight excluding hydrogens is 394 g/mol. The normalized spacial score (nSPS) is 10.9. The Labute approximate surface area is 170 Å². The SMILES string of the molecule is CC(=O)Nc1ccc(NS(C)(=O)=O)c(C(=O)NCCOc2cc(C)cc(C)c2)c1. The van der Waals surface area contributed by atoms with Gasteiger partial charge in [-0.2, -0.15) is 0 Å². The second-order valence-electron chi connectivity index (χ2n) is 6.74. The van der Waals surface area contributed by atoms with Crippen molar-refractivity contribution in [1.82, 2.24) is 5.32 Å². The second kappa shape index (κ2) is 9.42. The average molecular weight is 420 g/mol. The third-order valence-electron chi connectivity index (χ3n) is 3.73. The number of rotatable bonds is 8. The average Bonchev–Trinajstić information content (AvgIpc) is 2.57. The quantitative estimate of drug-likeness (QED) is 0.569. The van der Waals surface area contributed by atoms with Crippen LogP contribution in [0.5, 0.6) is 5.75 Å². The van der Waals surface area contributed by atoms with Gasteiger partial charge < -0.3 is 15.4 Å². The van der Waals surface area contributed by atoms with Crippen LogP contribution in [0.2, 0.25) is 0 Å².